The minimum Gasteiger partial charge on any atom is -0.394 e. The van der Waals surface area contributed by atoms with Gasteiger partial charge in [-0.2, -0.15) is 0 Å². The van der Waals surface area contributed by atoms with Crippen molar-refractivity contribution < 1.29 is 39.8 Å². The molecule has 1 saturated heterocycles. The van der Waals surface area contributed by atoms with Gasteiger partial charge in [0.05, 0.1) is 25.4 Å². The molecule has 0 aliphatic carbocycles. The Morgan fingerprint density at radius 3 is 1.55 bits per heavy atom. The van der Waals surface area contributed by atoms with Gasteiger partial charge in [0.25, 0.3) is 0 Å². The maximum Gasteiger partial charge on any atom is 0.220 e. The van der Waals surface area contributed by atoms with Crippen LogP contribution < -0.4 is 5.32 Å². The van der Waals surface area contributed by atoms with Crippen LogP contribution in [0.15, 0.2) is 12.2 Å². The molecule has 0 radical (unpaired) electrons. The first-order chi connectivity index (χ1) is 25.8. The summed E-state index contributed by atoms with van der Waals surface area (Å²) < 4.78 is 11.2. The van der Waals surface area contributed by atoms with E-state index in [1.807, 2.05) is 0 Å². The van der Waals surface area contributed by atoms with Crippen LogP contribution in [0.5, 0.6) is 0 Å². The van der Waals surface area contributed by atoms with E-state index >= 15 is 0 Å². The van der Waals surface area contributed by atoms with E-state index in [1.54, 1.807) is 0 Å². The fourth-order valence-corrected chi connectivity index (χ4v) is 7.21. The fourth-order valence-electron chi connectivity index (χ4n) is 7.21. The van der Waals surface area contributed by atoms with Crippen LogP contribution >= 0.6 is 0 Å². The number of amides is 1. The summed E-state index contributed by atoms with van der Waals surface area (Å²) in [5.41, 5.74) is 0. The molecule has 7 atom stereocenters. The molecular weight excluding hydrogens is 670 g/mol. The van der Waals surface area contributed by atoms with Crippen molar-refractivity contribution in [2.75, 3.05) is 13.2 Å². The molecule has 1 aliphatic heterocycles. The van der Waals surface area contributed by atoms with Crippen molar-refractivity contribution in [2.24, 2.45) is 0 Å². The summed E-state index contributed by atoms with van der Waals surface area (Å²) in [6.45, 7) is 3.81. The molecule has 0 aromatic rings. The highest BCUT2D eigenvalue weighted by atomic mass is 16.7. The van der Waals surface area contributed by atoms with E-state index in [2.05, 4.69) is 31.3 Å². The van der Waals surface area contributed by atoms with Crippen molar-refractivity contribution in [3.05, 3.63) is 12.2 Å². The minimum atomic E-state index is -1.55. The lowest BCUT2D eigenvalue weighted by atomic mass is 9.99. The van der Waals surface area contributed by atoms with Gasteiger partial charge in [0.1, 0.15) is 24.4 Å². The van der Waals surface area contributed by atoms with Crippen LogP contribution in [-0.2, 0) is 14.3 Å². The van der Waals surface area contributed by atoms with Gasteiger partial charge < -0.3 is 40.3 Å². The zero-order chi connectivity index (χ0) is 38.8. The van der Waals surface area contributed by atoms with E-state index in [-0.39, 0.29) is 12.5 Å². The van der Waals surface area contributed by atoms with Crippen LogP contribution in [0.3, 0.4) is 0 Å². The van der Waals surface area contributed by atoms with Gasteiger partial charge in [0, 0.05) is 6.42 Å². The largest absolute Gasteiger partial charge is 0.394 e. The summed E-state index contributed by atoms with van der Waals surface area (Å²) in [4.78, 5) is 12.9. The minimum absolute atomic E-state index is 0.138. The number of hydrogen-bond donors (Lipinski definition) is 6. The van der Waals surface area contributed by atoms with Crippen LogP contribution in [0, 0.1) is 0 Å². The predicted octanol–water partition coefficient (Wildman–Crippen LogP) is 8.95. The zero-order valence-electron chi connectivity index (χ0n) is 34.3. The number of nitrogens with one attached hydrogen (secondary N) is 1. The highest BCUT2D eigenvalue weighted by molar-refractivity contribution is 5.76. The average molecular weight is 756 g/mol. The Morgan fingerprint density at radius 2 is 1.06 bits per heavy atom. The molecule has 2 unspecified atom stereocenters. The van der Waals surface area contributed by atoms with Crippen molar-refractivity contribution in [1.82, 2.24) is 5.32 Å². The number of unbranched alkanes of at least 4 members (excludes halogenated alkanes) is 25. The molecule has 0 saturated carbocycles. The van der Waals surface area contributed by atoms with Crippen molar-refractivity contribution in [3.8, 4) is 0 Å². The van der Waals surface area contributed by atoms with Gasteiger partial charge in [0.2, 0.25) is 5.91 Å². The SMILES string of the molecule is CCCCCC/C=C/CCCCCCCC(=O)N[C@@H](CO[C@@H]1O[C@H](CO)[C@@H](O)C(O)C1O)[C@H](O)CCCCCCCCCCCCCCCCCCC. The second-order valence-corrected chi connectivity index (χ2v) is 15.8. The topological polar surface area (TPSA) is 149 Å². The molecule has 1 rings (SSSR count). The van der Waals surface area contributed by atoms with Gasteiger partial charge in [-0.3, -0.25) is 4.79 Å². The Bertz CT molecular complexity index is 842. The van der Waals surface area contributed by atoms with E-state index < -0.39 is 49.5 Å². The molecule has 9 heteroatoms. The highest BCUT2D eigenvalue weighted by Gasteiger charge is 2.44. The molecule has 6 N–H and O–H groups in total. The molecule has 0 aromatic carbocycles. The van der Waals surface area contributed by atoms with Crippen molar-refractivity contribution >= 4 is 5.91 Å². The Hall–Kier alpha value is -1.07. The second-order valence-electron chi connectivity index (χ2n) is 15.8. The first-order valence-corrected chi connectivity index (χ1v) is 22.4. The summed E-state index contributed by atoms with van der Waals surface area (Å²) in [5, 5.41) is 54.3. The molecule has 1 amide bonds. The third-order valence-electron chi connectivity index (χ3n) is 10.9. The molecule has 53 heavy (non-hydrogen) atoms. The van der Waals surface area contributed by atoms with E-state index in [0.717, 1.165) is 51.4 Å². The van der Waals surface area contributed by atoms with E-state index in [4.69, 9.17) is 9.47 Å². The molecule has 0 bridgehead atoms. The highest BCUT2D eigenvalue weighted by Crippen LogP contribution is 2.23. The van der Waals surface area contributed by atoms with Crippen LogP contribution in [0.4, 0.5) is 0 Å². The lowest BCUT2D eigenvalue weighted by Crippen LogP contribution is -2.60. The van der Waals surface area contributed by atoms with E-state index in [0.29, 0.717) is 12.8 Å². The number of carbonyl (C=O) groups excluding carboxylic acids is 1. The standard InChI is InChI=1S/C44H85NO8/c1-3-5-7-9-11-13-15-17-18-19-20-22-23-25-27-29-31-33-38(47)37(36-52-44-43(51)42(50)41(49)39(35-46)53-44)45-40(48)34-32-30-28-26-24-21-16-14-12-10-8-6-4-2/h14,16,37-39,41-44,46-47,49-51H,3-13,15,17-36H2,1-2H3,(H,45,48)/b16-14+/t37-,38+,39+,41+,42?,43?,44+/m0/s1. The van der Waals surface area contributed by atoms with Crippen LogP contribution in [0.1, 0.15) is 206 Å². The fraction of sp³-hybridized carbons (Fsp3) is 0.932. The average Bonchev–Trinajstić information content (AvgIpc) is 3.16. The molecule has 0 aromatic heterocycles. The number of allylic oxidation sites excluding steroid dienone is 2. The molecule has 9 nitrogen and oxygen atoms in total. The zero-order valence-corrected chi connectivity index (χ0v) is 34.3. The summed E-state index contributed by atoms with van der Waals surface area (Å²) in [7, 11) is 0. The Labute approximate surface area is 325 Å². The number of ether oxygens (including phenoxy) is 2. The third-order valence-corrected chi connectivity index (χ3v) is 10.9. The first kappa shape index (κ1) is 49.9. The van der Waals surface area contributed by atoms with Gasteiger partial charge in [0.15, 0.2) is 6.29 Å². The number of hydrogen-bond acceptors (Lipinski definition) is 8. The molecule has 1 heterocycles. The predicted molar refractivity (Wildman–Crippen MR) is 217 cm³/mol. The van der Waals surface area contributed by atoms with E-state index in [1.165, 1.54) is 128 Å². The summed E-state index contributed by atoms with van der Waals surface area (Å²) in [5.74, 6) is -0.153. The van der Waals surface area contributed by atoms with Crippen molar-refractivity contribution in [1.29, 1.82) is 0 Å². The smallest absolute Gasteiger partial charge is 0.220 e. The van der Waals surface area contributed by atoms with Gasteiger partial charge in [-0.25, -0.2) is 0 Å². The lowest BCUT2D eigenvalue weighted by Gasteiger charge is -2.40. The lowest BCUT2D eigenvalue weighted by molar-refractivity contribution is -0.302. The van der Waals surface area contributed by atoms with Crippen LogP contribution in [0.25, 0.3) is 0 Å². The van der Waals surface area contributed by atoms with Crippen LogP contribution in [-0.4, -0.2) is 87.5 Å². The van der Waals surface area contributed by atoms with Gasteiger partial charge >= 0.3 is 0 Å². The Kier molecular flexibility index (Phi) is 33.3. The Morgan fingerprint density at radius 1 is 0.623 bits per heavy atom. The third kappa shape index (κ3) is 26.4. The van der Waals surface area contributed by atoms with Gasteiger partial charge in [-0.15, -0.1) is 0 Å². The van der Waals surface area contributed by atoms with Gasteiger partial charge in [-0.1, -0.05) is 174 Å². The summed E-state index contributed by atoms with van der Waals surface area (Å²) in [6.07, 6.45) is 32.1. The normalized spacial score (nSPS) is 21.7. The van der Waals surface area contributed by atoms with Crippen molar-refractivity contribution in [2.45, 2.75) is 249 Å². The number of carbonyl (C=O) groups is 1. The monoisotopic (exact) mass is 756 g/mol. The molecule has 314 valence electrons. The maximum absolute atomic E-state index is 12.9. The number of aliphatic hydroxyl groups is 5. The van der Waals surface area contributed by atoms with Crippen molar-refractivity contribution in [3.63, 3.8) is 0 Å². The molecule has 1 aliphatic rings. The number of rotatable bonds is 37. The maximum atomic E-state index is 12.9. The molecule has 1 fully saturated rings. The molecular formula is C44H85NO8. The summed E-state index contributed by atoms with van der Waals surface area (Å²) >= 11 is 0. The summed E-state index contributed by atoms with van der Waals surface area (Å²) in [6, 6.07) is -0.718. The second kappa shape index (κ2) is 35.4. The van der Waals surface area contributed by atoms with E-state index in [9.17, 15) is 30.3 Å². The number of aliphatic hydroxyl groups excluding tert-OH is 5. The first-order valence-electron chi connectivity index (χ1n) is 22.4. The molecule has 0 spiro atoms. The Balaban J connectivity index is 2.34. The van der Waals surface area contributed by atoms with Crippen LogP contribution in [0.2, 0.25) is 0 Å². The van der Waals surface area contributed by atoms with Gasteiger partial charge in [-0.05, 0) is 38.5 Å². The quantitative estimate of drug-likeness (QED) is 0.0272.